The Morgan fingerprint density at radius 2 is 1.85 bits per heavy atom. The van der Waals surface area contributed by atoms with Crippen molar-refractivity contribution < 1.29 is 14.4 Å². The third-order valence-corrected chi connectivity index (χ3v) is 8.05. The average Bonchev–Trinajstić information content (AvgIpc) is 3.64. The number of nitrogens with zero attached hydrogens (tertiary/aromatic N) is 5. The van der Waals surface area contributed by atoms with Crippen molar-refractivity contribution in [1.82, 2.24) is 30.1 Å². The van der Waals surface area contributed by atoms with Crippen LogP contribution in [0.25, 0.3) is 11.0 Å². The van der Waals surface area contributed by atoms with Crippen LogP contribution in [-0.2, 0) is 28.0 Å². The van der Waals surface area contributed by atoms with E-state index < -0.39 is 12.1 Å². The summed E-state index contributed by atoms with van der Waals surface area (Å²) in [5.74, 6) is -0.261. The summed E-state index contributed by atoms with van der Waals surface area (Å²) in [6.45, 7) is 2.31. The first-order valence-corrected chi connectivity index (χ1v) is 13.9. The fourth-order valence-electron chi connectivity index (χ4n) is 5.75. The monoisotopic (exact) mass is 531 g/mol. The van der Waals surface area contributed by atoms with Gasteiger partial charge in [0.2, 0.25) is 17.7 Å². The molecule has 2 aromatic carbocycles. The molecular weight excluding hydrogens is 494 g/mol. The first kappa shape index (κ1) is 26.8. The fourth-order valence-corrected chi connectivity index (χ4v) is 5.75. The van der Waals surface area contributed by atoms with Crippen molar-refractivity contribution in [3.8, 4) is 0 Å². The van der Waals surface area contributed by atoms with Crippen molar-refractivity contribution >= 4 is 28.8 Å². The van der Waals surface area contributed by atoms with Crippen molar-refractivity contribution in [2.45, 2.75) is 63.1 Å². The van der Waals surface area contributed by atoms with Gasteiger partial charge in [-0.3, -0.25) is 14.4 Å². The van der Waals surface area contributed by atoms with E-state index in [0.717, 1.165) is 54.5 Å². The molecule has 3 aromatic rings. The SMILES string of the molecule is Cn1nnc2cc(CNC(=O)C3CC(c4ccccc4)CCN3C(=O)C(N)CCC(=O)N3CCCC3)ccc21. The smallest absolute Gasteiger partial charge is 0.243 e. The minimum Gasteiger partial charge on any atom is -0.350 e. The number of benzene rings is 2. The molecule has 0 saturated carbocycles. The molecule has 3 unspecified atom stereocenters. The van der Waals surface area contributed by atoms with E-state index in [9.17, 15) is 14.4 Å². The topological polar surface area (TPSA) is 126 Å². The molecule has 3 heterocycles. The van der Waals surface area contributed by atoms with Crippen molar-refractivity contribution in [2.75, 3.05) is 19.6 Å². The van der Waals surface area contributed by atoms with Crippen LogP contribution in [0.15, 0.2) is 48.5 Å². The summed E-state index contributed by atoms with van der Waals surface area (Å²) in [5, 5.41) is 11.2. The molecule has 2 aliphatic heterocycles. The lowest BCUT2D eigenvalue weighted by Crippen LogP contribution is -2.57. The van der Waals surface area contributed by atoms with Gasteiger partial charge in [-0.05, 0) is 61.3 Å². The van der Waals surface area contributed by atoms with Crippen LogP contribution in [0.4, 0.5) is 0 Å². The second-order valence-corrected chi connectivity index (χ2v) is 10.7. The Labute approximate surface area is 228 Å². The number of nitrogens with two attached hydrogens (primary N) is 1. The summed E-state index contributed by atoms with van der Waals surface area (Å²) in [7, 11) is 1.83. The van der Waals surface area contributed by atoms with Gasteiger partial charge in [-0.2, -0.15) is 0 Å². The Morgan fingerprint density at radius 1 is 1.08 bits per heavy atom. The largest absolute Gasteiger partial charge is 0.350 e. The molecule has 0 aliphatic carbocycles. The van der Waals surface area contributed by atoms with Gasteiger partial charge < -0.3 is 20.9 Å². The van der Waals surface area contributed by atoms with Crippen molar-refractivity contribution in [2.24, 2.45) is 12.8 Å². The van der Waals surface area contributed by atoms with Gasteiger partial charge in [-0.25, -0.2) is 4.68 Å². The summed E-state index contributed by atoms with van der Waals surface area (Å²) in [5.41, 5.74) is 10.1. The van der Waals surface area contributed by atoms with Gasteiger partial charge in [-0.1, -0.05) is 41.6 Å². The van der Waals surface area contributed by atoms with E-state index in [1.807, 2.05) is 48.3 Å². The molecule has 0 spiro atoms. The van der Waals surface area contributed by atoms with E-state index in [1.165, 1.54) is 0 Å². The molecule has 3 N–H and O–H groups in total. The van der Waals surface area contributed by atoms with Crippen LogP contribution >= 0.6 is 0 Å². The first-order valence-electron chi connectivity index (χ1n) is 13.9. The normalized spacial score (nSPS) is 20.3. The number of rotatable bonds is 8. The first-order chi connectivity index (χ1) is 18.9. The molecule has 3 amide bonds. The highest BCUT2D eigenvalue weighted by atomic mass is 16.2. The zero-order chi connectivity index (χ0) is 27.4. The van der Waals surface area contributed by atoms with E-state index in [2.05, 4.69) is 27.8 Å². The van der Waals surface area contributed by atoms with Crippen LogP contribution in [0.1, 0.15) is 55.6 Å². The Kier molecular flexibility index (Phi) is 8.21. The summed E-state index contributed by atoms with van der Waals surface area (Å²) >= 11 is 0. The molecule has 39 heavy (non-hydrogen) atoms. The predicted molar refractivity (Wildman–Crippen MR) is 147 cm³/mol. The van der Waals surface area contributed by atoms with E-state index in [1.54, 1.807) is 9.58 Å². The molecule has 2 saturated heterocycles. The van der Waals surface area contributed by atoms with Crippen LogP contribution in [0.2, 0.25) is 0 Å². The number of amides is 3. The number of likely N-dealkylation sites (tertiary alicyclic amines) is 2. The van der Waals surface area contributed by atoms with E-state index in [4.69, 9.17) is 5.73 Å². The van der Waals surface area contributed by atoms with Crippen LogP contribution in [0.3, 0.4) is 0 Å². The molecule has 10 nitrogen and oxygen atoms in total. The van der Waals surface area contributed by atoms with Crippen LogP contribution in [-0.4, -0.2) is 74.2 Å². The van der Waals surface area contributed by atoms with Crippen molar-refractivity contribution in [1.29, 1.82) is 0 Å². The van der Waals surface area contributed by atoms with Crippen LogP contribution in [0.5, 0.6) is 0 Å². The zero-order valence-electron chi connectivity index (χ0n) is 22.5. The Morgan fingerprint density at radius 3 is 2.62 bits per heavy atom. The minimum absolute atomic E-state index is 0.0490. The molecule has 5 rings (SSSR count). The van der Waals surface area contributed by atoms with E-state index >= 15 is 0 Å². The molecule has 0 radical (unpaired) electrons. The molecule has 0 bridgehead atoms. The molecule has 2 aliphatic rings. The highest BCUT2D eigenvalue weighted by Crippen LogP contribution is 2.32. The van der Waals surface area contributed by atoms with Crippen molar-refractivity contribution in [3.63, 3.8) is 0 Å². The maximum atomic E-state index is 13.6. The number of aromatic nitrogens is 3. The van der Waals surface area contributed by atoms with Gasteiger partial charge in [-0.15, -0.1) is 5.10 Å². The number of nitrogens with one attached hydrogen (secondary N) is 1. The van der Waals surface area contributed by atoms with Gasteiger partial charge in [0.1, 0.15) is 11.6 Å². The van der Waals surface area contributed by atoms with Gasteiger partial charge in [0, 0.05) is 39.6 Å². The summed E-state index contributed by atoms with van der Waals surface area (Å²) in [6, 6.07) is 14.4. The highest BCUT2D eigenvalue weighted by Gasteiger charge is 2.38. The quantitative estimate of drug-likeness (QED) is 0.458. The van der Waals surface area contributed by atoms with Crippen LogP contribution < -0.4 is 11.1 Å². The predicted octanol–water partition coefficient (Wildman–Crippen LogP) is 2.09. The fraction of sp³-hybridized carbons (Fsp3) is 0.483. The molecule has 1 aromatic heterocycles. The van der Waals surface area contributed by atoms with Gasteiger partial charge in [0.15, 0.2) is 0 Å². The molecular formula is C29H37N7O3. The number of carbonyl (C=O) groups is 3. The summed E-state index contributed by atoms with van der Waals surface area (Å²) in [6.07, 6.45) is 3.84. The van der Waals surface area contributed by atoms with Crippen LogP contribution in [0, 0.1) is 0 Å². The molecule has 10 heteroatoms. The van der Waals surface area contributed by atoms with Gasteiger partial charge in [0.25, 0.3) is 0 Å². The number of hydrogen-bond acceptors (Lipinski definition) is 6. The van der Waals surface area contributed by atoms with Crippen molar-refractivity contribution in [3.05, 3.63) is 59.7 Å². The third-order valence-electron chi connectivity index (χ3n) is 8.05. The minimum atomic E-state index is -0.820. The van der Waals surface area contributed by atoms with Gasteiger partial charge in [0.05, 0.1) is 11.6 Å². The molecule has 3 atom stereocenters. The van der Waals surface area contributed by atoms with E-state index in [0.29, 0.717) is 19.5 Å². The Bertz CT molecular complexity index is 1320. The standard InChI is InChI=1S/C29H37N7O3/c1-34-25-11-9-20(17-24(25)32-33-34)19-31-28(38)26-18-22(21-7-3-2-4-8-21)13-16-36(26)29(39)23(30)10-12-27(37)35-14-5-6-15-35/h2-4,7-9,11,17,22-23,26H,5-6,10,12-16,18-19,30H2,1H3,(H,31,38). The number of carbonyl (C=O) groups excluding carboxylic acids is 3. The lowest BCUT2D eigenvalue weighted by atomic mass is 9.84. The second-order valence-electron chi connectivity index (χ2n) is 10.7. The average molecular weight is 532 g/mol. The number of piperidine rings is 1. The highest BCUT2D eigenvalue weighted by molar-refractivity contribution is 5.90. The third kappa shape index (κ3) is 6.11. The van der Waals surface area contributed by atoms with Gasteiger partial charge >= 0.3 is 0 Å². The zero-order valence-corrected chi connectivity index (χ0v) is 22.5. The lowest BCUT2D eigenvalue weighted by molar-refractivity contribution is -0.144. The second kappa shape index (κ2) is 11.9. The molecule has 2 fully saturated rings. The summed E-state index contributed by atoms with van der Waals surface area (Å²) < 4.78 is 1.70. The maximum absolute atomic E-state index is 13.6. The number of fused-ring (bicyclic) bond motifs is 1. The summed E-state index contributed by atoms with van der Waals surface area (Å²) in [4.78, 5) is 43.0. The maximum Gasteiger partial charge on any atom is 0.243 e. The molecule has 206 valence electrons. The van der Waals surface area contributed by atoms with E-state index in [-0.39, 0.29) is 36.5 Å². The Hall–Kier alpha value is -3.79. The number of aryl methyl sites for hydroxylation is 1. The number of hydrogen-bond donors (Lipinski definition) is 2. The lowest BCUT2D eigenvalue weighted by Gasteiger charge is -2.40. The Balaban J connectivity index is 1.26.